The number of thioether (sulfide) groups is 1. The Balaban J connectivity index is 1.66. The highest BCUT2D eigenvalue weighted by atomic mass is 32.2. The van der Waals surface area contributed by atoms with Crippen LogP contribution in [0.25, 0.3) is 0 Å². The zero-order valence-electron chi connectivity index (χ0n) is 10.7. The first kappa shape index (κ1) is 12.3. The van der Waals surface area contributed by atoms with Crippen LogP contribution in [-0.4, -0.2) is 34.9 Å². The molecule has 0 aromatic heterocycles. The smallest absolute Gasteiger partial charge is 0.232 e. The van der Waals surface area contributed by atoms with Gasteiger partial charge in [0.15, 0.2) is 0 Å². The lowest BCUT2D eigenvalue weighted by atomic mass is 9.68. The number of nitriles is 1. The van der Waals surface area contributed by atoms with Crippen molar-refractivity contribution in [2.45, 2.75) is 38.1 Å². The molecule has 4 atom stereocenters. The van der Waals surface area contributed by atoms with Gasteiger partial charge in [0.05, 0.1) is 17.6 Å². The first-order valence-electron chi connectivity index (χ1n) is 7.00. The molecule has 18 heavy (non-hydrogen) atoms. The predicted molar refractivity (Wildman–Crippen MR) is 72.0 cm³/mol. The Morgan fingerprint density at radius 1 is 1.17 bits per heavy atom. The monoisotopic (exact) mass is 264 g/mol. The summed E-state index contributed by atoms with van der Waals surface area (Å²) in [7, 11) is 0. The molecule has 0 N–H and O–H groups in total. The topological polar surface area (TPSA) is 44.1 Å². The van der Waals surface area contributed by atoms with Crippen molar-refractivity contribution in [2.75, 3.05) is 18.1 Å². The fraction of sp³-hybridized carbons (Fsp3) is 0.857. The highest BCUT2D eigenvalue weighted by molar-refractivity contribution is 8.00. The molecule has 2 heterocycles. The summed E-state index contributed by atoms with van der Waals surface area (Å²) >= 11 is 1.46. The van der Waals surface area contributed by atoms with Crippen LogP contribution in [0.1, 0.15) is 32.1 Å². The van der Waals surface area contributed by atoms with Gasteiger partial charge in [-0.15, -0.1) is 11.8 Å². The van der Waals surface area contributed by atoms with E-state index in [2.05, 4.69) is 11.0 Å². The highest BCUT2D eigenvalue weighted by Gasteiger charge is 2.43. The second kappa shape index (κ2) is 5.13. The van der Waals surface area contributed by atoms with Gasteiger partial charge in [0.1, 0.15) is 0 Å². The maximum atomic E-state index is 12.3. The van der Waals surface area contributed by atoms with Crippen LogP contribution in [-0.2, 0) is 4.79 Å². The van der Waals surface area contributed by atoms with E-state index in [0.717, 1.165) is 24.3 Å². The Morgan fingerprint density at radius 3 is 2.50 bits per heavy atom. The Morgan fingerprint density at radius 2 is 1.83 bits per heavy atom. The fourth-order valence-corrected chi connectivity index (χ4v) is 4.89. The number of fused-ring (bicyclic) bond motifs is 1. The van der Waals surface area contributed by atoms with E-state index in [1.807, 2.05) is 0 Å². The molecule has 4 aliphatic rings. The molecule has 4 rings (SSSR count). The standard InChI is InChI=1S/C14H20N2OS/c15-1-2-18-9-14(17)16-8-12-4-10-3-11(5-12)7-13(16)6-10/h10-13H,2-9H2/t10-,11+,12?,13?. The molecule has 2 aliphatic heterocycles. The SMILES string of the molecule is N#CCSCC(=O)N1CC2C[C@@H]3CC1C[C@H](C2)C3. The quantitative estimate of drug-likeness (QED) is 0.735. The number of rotatable bonds is 3. The lowest BCUT2D eigenvalue weighted by molar-refractivity contribution is -0.131. The van der Waals surface area contributed by atoms with Gasteiger partial charge in [-0.05, 0) is 49.9 Å². The molecule has 2 unspecified atom stereocenters. The lowest BCUT2D eigenvalue weighted by Gasteiger charge is -2.39. The summed E-state index contributed by atoms with van der Waals surface area (Å²) in [4.78, 5) is 14.4. The zero-order chi connectivity index (χ0) is 12.5. The van der Waals surface area contributed by atoms with Crippen molar-refractivity contribution in [2.24, 2.45) is 17.8 Å². The zero-order valence-corrected chi connectivity index (χ0v) is 11.5. The van der Waals surface area contributed by atoms with Crippen LogP contribution in [0.5, 0.6) is 0 Å². The summed E-state index contributed by atoms with van der Waals surface area (Å²) in [6, 6.07) is 2.60. The van der Waals surface area contributed by atoms with Crippen molar-refractivity contribution in [3.05, 3.63) is 0 Å². The van der Waals surface area contributed by atoms with Gasteiger partial charge in [-0.25, -0.2) is 0 Å². The van der Waals surface area contributed by atoms with Gasteiger partial charge in [-0.1, -0.05) is 0 Å². The third-order valence-corrected chi connectivity index (χ3v) is 5.60. The van der Waals surface area contributed by atoms with Gasteiger partial charge < -0.3 is 4.90 Å². The second-order valence-electron chi connectivity index (χ2n) is 6.13. The van der Waals surface area contributed by atoms with Gasteiger partial charge in [0.25, 0.3) is 0 Å². The van der Waals surface area contributed by atoms with Crippen LogP contribution < -0.4 is 0 Å². The molecule has 98 valence electrons. The third kappa shape index (κ3) is 2.38. The molecule has 4 fully saturated rings. The number of hydrogen-bond donors (Lipinski definition) is 0. The summed E-state index contributed by atoms with van der Waals surface area (Å²) < 4.78 is 0. The highest BCUT2D eigenvalue weighted by Crippen LogP contribution is 2.47. The summed E-state index contributed by atoms with van der Waals surface area (Å²) in [6.45, 7) is 0.990. The molecule has 2 saturated heterocycles. The summed E-state index contributed by atoms with van der Waals surface area (Å²) in [5, 5.41) is 8.53. The molecule has 0 aromatic carbocycles. The lowest BCUT2D eigenvalue weighted by Crippen LogP contribution is -2.43. The first-order chi connectivity index (χ1) is 8.76. The van der Waals surface area contributed by atoms with E-state index in [-0.39, 0.29) is 5.91 Å². The van der Waals surface area contributed by atoms with Crippen LogP contribution in [0, 0.1) is 29.1 Å². The summed E-state index contributed by atoms with van der Waals surface area (Å²) in [5.74, 6) is 3.72. The van der Waals surface area contributed by atoms with Crippen molar-refractivity contribution in [3.8, 4) is 6.07 Å². The first-order valence-corrected chi connectivity index (χ1v) is 8.16. The minimum absolute atomic E-state index is 0.272. The van der Waals surface area contributed by atoms with Gasteiger partial charge >= 0.3 is 0 Å². The number of carbonyl (C=O) groups excluding carboxylic acids is 1. The van der Waals surface area contributed by atoms with E-state index in [1.54, 1.807) is 0 Å². The van der Waals surface area contributed by atoms with Crippen molar-refractivity contribution >= 4 is 17.7 Å². The van der Waals surface area contributed by atoms with Crippen LogP contribution in [0.15, 0.2) is 0 Å². The molecular formula is C14H20N2OS. The van der Waals surface area contributed by atoms with Crippen molar-refractivity contribution in [1.82, 2.24) is 4.90 Å². The average molecular weight is 264 g/mol. The van der Waals surface area contributed by atoms with Gasteiger partial charge in [-0.3, -0.25) is 4.79 Å². The predicted octanol–water partition coefficient (Wildman–Crippen LogP) is 2.28. The maximum absolute atomic E-state index is 12.3. The van der Waals surface area contributed by atoms with E-state index in [9.17, 15) is 4.79 Å². The van der Waals surface area contributed by atoms with Crippen molar-refractivity contribution in [3.63, 3.8) is 0 Å². The van der Waals surface area contributed by atoms with Crippen molar-refractivity contribution < 1.29 is 4.79 Å². The minimum atomic E-state index is 0.272. The van der Waals surface area contributed by atoms with Gasteiger partial charge in [0.2, 0.25) is 5.91 Å². The molecular weight excluding hydrogens is 244 g/mol. The Bertz CT molecular complexity index is 364. The summed E-state index contributed by atoms with van der Waals surface area (Å²) in [6.07, 6.45) is 6.59. The third-order valence-electron chi connectivity index (χ3n) is 4.82. The maximum Gasteiger partial charge on any atom is 0.232 e. The van der Waals surface area contributed by atoms with E-state index < -0.39 is 0 Å². The number of amides is 1. The molecule has 2 saturated carbocycles. The Labute approximate surface area is 113 Å². The fourth-order valence-electron chi connectivity index (χ4n) is 4.36. The average Bonchev–Trinajstić information content (AvgIpc) is 2.53. The van der Waals surface area contributed by atoms with Crippen LogP contribution >= 0.6 is 11.8 Å². The number of carbonyl (C=O) groups is 1. The van der Waals surface area contributed by atoms with Crippen LogP contribution in [0.2, 0.25) is 0 Å². The summed E-state index contributed by atoms with van der Waals surface area (Å²) in [5.41, 5.74) is 0. The number of nitrogens with zero attached hydrogens (tertiary/aromatic N) is 2. The Kier molecular flexibility index (Phi) is 3.52. The molecule has 4 heteroatoms. The molecule has 4 bridgehead atoms. The van der Waals surface area contributed by atoms with Gasteiger partial charge in [0, 0.05) is 12.6 Å². The van der Waals surface area contributed by atoms with Crippen LogP contribution in [0.3, 0.4) is 0 Å². The van der Waals surface area contributed by atoms with E-state index in [0.29, 0.717) is 17.5 Å². The van der Waals surface area contributed by atoms with Crippen molar-refractivity contribution in [1.29, 1.82) is 5.26 Å². The molecule has 2 aliphatic carbocycles. The van der Waals surface area contributed by atoms with E-state index in [4.69, 9.17) is 5.26 Å². The molecule has 0 spiro atoms. The molecule has 0 aromatic rings. The van der Waals surface area contributed by atoms with Crippen LogP contribution in [0.4, 0.5) is 0 Å². The Hall–Kier alpha value is -0.690. The van der Waals surface area contributed by atoms with Gasteiger partial charge in [-0.2, -0.15) is 5.26 Å². The molecule has 0 radical (unpaired) electrons. The largest absolute Gasteiger partial charge is 0.339 e. The van der Waals surface area contributed by atoms with E-state index >= 15 is 0 Å². The second-order valence-corrected chi connectivity index (χ2v) is 7.11. The van der Waals surface area contributed by atoms with E-state index in [1.165, 1.54) is 43.9 Å². The molecule has 1 amide bonds. The minimum Gasteiger partial charge on any atom is -0.339 e. The molecule has 3 nitrogen and oxygen atoms in total. The normalized spacial score (nSPS) is 37.4. The number of hydrogen-bond acceptors (Lipinski definition) is 3.